The second-order valence-electron chi connectivity index (χ2n) is 8.24. The maximum atomic E-state index is 13.9. The van der Waals surface area contributed by atoms with Gasteiger partial charge < -0.3 is 5.32 Å². The number of benzene rings is 2. The van der Waals surface area contributed by atoms with Crippen molar-refractivity contribution in [2.24, 2.45) is 0 Å². The highest BCUT2D eigenvalue weighted by atomic mass is 32.2. The van der Waals surface area contributed by atoms with Crippen molar-refractivity contribution in [3.8, 4) is 0 Å². The van der Waals surface area contributed by atoms with Crippen LogP contribution in [0.2, 0.25) is 0 Å². The molecule has 1 amide bonds. The Morgan fingerprint density at radius 1 is 0.844 bits per heavy atom. The highest BCUT2D eigenvalue weighted by Gasteiger charge is 2.79. The van der Waals surface area contributed by atoms with Gasteiger partial charge in [-0.3, -0.25) is 19.1 Å². The van der Waals surface area contributed by atoms with E-state index in [1.807, 2.05) is 5.32 Å². The van der Waals surface area contributed by atoms with Gasteiger partial charge in [-0.15, -0.1) is 0 Å². The van der Waals surface area contributed by atoms with Crippen molar-refractivity contribution < 1.29 is 83.8 Å². The topological polar surface area (TPSA) is 123 Å². The fraction of sp³-hybridized carbons (Fsp3) is 0.350. The van der Waals surface area contributed by atoms with Gasteiger partial charge in [0.2, 0.25) is 5.91 Å². The van der Waals surface area contributed by atoms with E-state index in [1.165, 1.54) is 0 Å². The summed E-state index contributed by atoms with van der Waals surface area (Å²) in [5, 5.41) is 0.517. The molecule has 0 aliphatic heterocycles. The fourth-order valence-corrected chi connectivity index (χ4v) is 6.08. The lowest BCUT2D eigenvalue weighted by Crippen LogP contribution is -2.55. The number of anilines is 1. The van der Waals surface area contributed by atoms with E-state index < -0.39 is 116 Å². The van der Waals surface area contributed by atoms with Gasteiger partial charge in [0.25, 0.3) is 15.5 Å². The number of thioether (sulfide) groups is 1. The summed E-state index contributed by atoms with van der Waals surface area (Å²) >= 11 is -1.26. The summed E-state index contributed by atoms with van der Waals surface area (Å²) in [5.74, 6) is -16.5. The summed E-state index contributed by atoms with van der Waals surface area (Å²) in [7, 11) is -9.99. The van der Waals surface area contributed by atoms with E-state index in [9.17, 15) is 89.0 Å². The zero-order chi connectivity index (χ0) is 35.2. The predicted octanol–water partition coefficient (Wildman–Crippen LogP) is 6.79. The molecule has 1 N–H and O–H groups in total. The van der Waals surface area contributed by atoms with Crippen LogP contribution in [0.1, 0.15) is 0 Å². The van der Waals surface area contributed by atoms with Crippen LogP contribution >= 0.6 is 11.8 Å². The number of hydrogen-bond donors (Lipinski definition) is 1. The van der Waals surface area contributed by atoms with E-state index in [0.717, 1.165) is 12.1 Å². The van der Waals surface area contributed by atoms with Crippen molar-refractivity contribution in [3.05, 3.63) is 52.6 Å². The first-order chi connectivity index (χ1) is 20.0. The Morgan fingerprint density at radius 3 is 1.87 bits per heavy atom. The minimum atomic E-state index is -7.18. The van der Waals surface area contributed by atoms with Crippen molar-refractivity contribution in [3.63, 3.8) is 0 Å². The largest absolute Gasteiger partial charge is 0.461 e. The van der Waals surface area contributed by atoms with Crippen LogP contribution in [0.5, 0.6) is 0 Å². The number of hydrogen-bond acceptors (Lipinski definition) is 7. The molecule has 45 heavy (non-hydrogen) atoms. The van der Waals surface area contributed by atoms with Gasteiger partial charge in [0.15, 0.2) is 0 Å². The van der Waals surface area contributed by atoms with Crippen LogP contribution in [0.25, 0.3) is 0 Å². The lowest BCUT2D eigenvalue weighted by molar-refractivity contribution is -0.388. The van der Waals surface area contributed by atoms with Gasteiger partial charge in [-0.05, 0) is 42.1 Å². The monoisotopic (exact) mass is 736 g/mol. The van der Waals surface area contributed by atoms with Crippen LogP contribution in [0.15, 0.2) is 57.2 Å². The number of halogens is 14. The number of alkyl halides is 14. The lowest BCUT2D eigenvalue weighted by atomic mass is 10.3. The molecule has 25 heteroatoms. The molecule has 0 radical (unpaired) electrons. The van der Waals surface area contributed by atoms with Crippen LogP contribution in [-0.4, -0.2) is 63.9 Å². The molecule has 2 aromatic rings. The van der Waals surface area contributed by atoms with Crippen molar-refractivity contribution in [2.45, 2.75) is 49.4 Å². The van der Waals surface area contributed by atoms with Gasteiger partial charge in [-0.2, -0.15) is 61.5 Å². The highest BCUT2D eigenvalue weighted by Crippen LogP contribution is 2.54. The number of carbonyl (C=O) groups is 1. The molecule has 252 valence electrons. The van der Waals surface area contributed by atoms with Crippen molar-refractivity contribution in [1.29, 1.82) is 0 Å². The van der Waals surface area contributed by atoms with Gasteiger partial charge in [-0.25, -0.2) is 8.42 Å². The summed E-state index contributed by atoms with van der Waals surface area (Å²) in [6, 6.07) is 2.25. The SMILES string of the molecule is O=C(CS(=O)c1ccc(S(=O)(=O)C(F)(F)C(F)(F)C(F)(F)F)cc1[N+](=O)[O-])Nc1cccc(SC(F)(F)C(F)(F)C(F)(F)F)c1. The Morgan fingerprint density at radius 2 is 1.38 bits per heavy atom. The Labute approximate surface area is 246 Å². The smallest absolute Gasteiger partial charge is 0.325 e. The number of nitro benzene ring substituents is 1. The Hall–Kier alpha value is -3.22. The second kappa shape index (κ2) is 12.2. The summed E-state index contributed by atoms with van der Waals surface area (Å²) in [5.41, 5.74) is -2.29. The van der Waals surface area contributed by atoms with Crippen molar-refractivity contribution in [2.75, 3.05) is 11.1 Å². The summed E-state index contributed by atoms with van der Waals surface area (Å²) in [4.78, 5) is 17.7. The molecule has 0 fully saturated rings. The van der Waals surface area contributed by atoms with E-state index in [0.29, 0.717) is 12.1 Å². The molecular formula is C20H10F14N2O6S3. The maximum Gasteiger partial charge on any atom is 0.461 e. The molecule has 1 unspecified atom stereocenters. The van der Waals surface area contributed by atoms with E-state index in [4.69, 9.17) is 0 Å². The molecule has 1 atom stereocenters. The van der Waals surface area contributed by atoms with E-state index in [-0.39, 0.29) is 12.1 Å². The maximum absolute atomic E-state index is 13.9. The molecular weight excluding hydrogens is 726 g/mol. The molecule has 0 aliphatic carbocycles. The fourth-order valence-electron chi connectivity index (χ4n) is 2.89. The lowest BCUT2D eigenvalue weighted by Gasteiger charge is -2.27. The van der Waals surface area contributed by atoms with Gasteiger partial charge >= 0.3 is 34.7 Å². The standard InChI is InChI=1S/C20H10F14N2O6S3/c21-15(22,17(25,26)27)19(31,32)43-10-3-1-2-9(6-10)35-14(37)8-44(40)13-5-4-11(7-12(13)36(38)39)45(41,42)20(33,34)16(23,24)18(28,29)30/h1-7H,8H2,(H,35,37). The van der Waals surface area contributed by atoms with E-state index in [2.05, 4.69) is 0 Å². The van der Waals surface area contributed by atoms with Crippen LogP contribution in [-0.2, 0) is 25.4 Å². The predicted molar refractivity (Wildman–Crippen MR) is 124 cm³/mol. The summed E-state index contributed by atoms with van der Waals surface area (Å²) in [6.07, 6.45) is -13.8. The number of nitrogens with one attached hydrogen (secondary N) is 1. The van der Waals surface area contributed by atoms with Gasteiger partial charge in [0.1, 0.15) is 10.6 Å². The number of amides is 1. The molecule has 0 aromatic heterocycles. The Balaban J connectivity index is 2.33. The summed E-state index contributed by atoms with van der Waals surface area (Å²) < 4.78 is 219. The third-order valence-electron chi connectivity index (χ3n) is 5.09. The quantitative estimate of drug-likeness (QED) is 0.117. The Kier molecular flexibility index (Phi) is 10.3. The van der Waals surface area contributed by atoms with E-state index >= 15 is 0 Å². The molecule has 2 aromatic carbocycles. The Bertz CT molecular complexity index is 1610. The molecule has 0 aliphatic rings. The van der Waals surface area contributed by atoms with Gasteiger partial charge in [-0.1, -0.05) is 6.07 Å². The summed E-state index contributed by atoms with van der Waals surface area (Å²) in [6.45, 7) is 0. The molecule has 0 saturated carbocycles. The van der Waals surface area contributed by atoms with Crippen LogP contribution in [0, 0.1) is 10.1 Å². The minimum Gasteiger partial charge on any atom is -0.325 e. The second-order valence-corrected chi connectivity index (χ2v) is 12.8. The van der Waals surface area contributed by atoms with Crippen molar-refractivity contribution >= 4 is 49.7 Å². The van der Waals surface area contributed by atoms with Crippen LogP contribution < -0.4 is 5.32 Å². The molecule has 0 saturated heterocycles. The first-order valence-electron chi connectivity index (χ1n) is 10.7. The minimum absolute atomic E-state index is 0.0798. The van der Waals surface area contributed by atoms with E-state index in [1.54, 1.807) is 0 Å². The molecule has 0 heterocycles. The van der Waals surface area contributed by atoms with Crippen molar-refractivity contribution in [1.82, 2.24) is 0 Å². The zero-order valence-electron chi connectivity index (χ0n) is 20.7. The molecule has 0 bridgehead atoms. The molecule has 0 spiro atoms. The number of sulfone groups is 1. The first kappa shape index (κ1) is 38.0. The molecule has 8 nitrogen and oxygen atoms in total. The molecule has 2 rings (SSSR count). The van der Waals surface area contributed by atoms with Crippen LogP contribution in [0.3, 0.4) is 0 Å². The number of carbonyl (C=O) groups excluding carboxylic acids is 1. The third-order valence-corrected chi connectivity index (χ3v) is 9.26. The number of nitro groups is 1. The normalized spacial score (nSPS) is 14.6. The third kappa shape index (κ3) is 7.28. The number of rotatable bonds is 11. The van der Waals surface area contributed by atoms with Gasteiger partial charge in [0, 0.05) is 16.6 Å². The highest BCUT2D eigenvalue weighted by molar-refractivity contribution is 8.00. The number of nitrogens with zero attached hydrogens (tertiary/aromatic N) is 1. The van der Waals surface area contributed by atoms with Gasteiger partial charge in [0.05, 0.1) is 20.6 Å². The first-order valence-corrected chi connectivity index (χ1v) is 14.3. The zero-order valence-corrected chi connectivity index (χ0v) is 23.1. The average molecular weight is 736 g/mol. The van der Waals surface area contributed by atoms with Crippen LogP contribution in [0.4, 0.5) is 72.8 Å². The average Bonchev–Trinajstić information content (AvgIpc) is 2.86.